The van der Waals surface area contributed by atoms with E-state index in [1.54, 1.807) is 27.7 Å². The maximum absolute atomic E-state index is 13.1. The molecule has 0 bridgehead atoms. The number of aromatic nitrogens is 4. The van der Waals surface area contributed by atoms with Gasteiger partial charge in [-0.25, -0.2) is 4.40 Å². The van der Waals surface area contributed by atoms with Gasteiger partial charge in [-0.1, -0.05) is 45.9 Å². The fourth-order valence-corrected chi connectivity index (χ4v) is 6.50. The van der Waals surface area contributed by atoms with Crippen LogP contribution in [0.2, 0.25) is 0 Å². The maximum atomic E-state index is 13.1. The molecule has 0 aliphatic heterocycles. The lowest BCUT2D eigenvalue weighted by Crippen LogP contribution is -2.27. The first-order valence-corrected chi connectivity index (χ1v) is 11.6. The first kappa shape index (κ1) is 19.0. The molecule has 0 fully saturated rings. The fourth-order valence-electron chi connectivity index (χ4n) is 4.01. The number of nitrogens with zero attached hydrogens (tertiary/aromatic N) is 4. The van der Waals surface area contributed by atoms with Crippen LogP contribution in [-0.2, 0) is 19.9 Å². The SMILES string of the molecule is CCCCSc1nnc2n(C)c(=O)c3c4c(sc3n12)CC(C(C)(C)C)CC4. The number of hydrogen-bond acceptors (Lipinski definition) is 5. The number of unbranched alkanes of at least 4 members (excludes halogenated alkanes) is 1. The van der Waals surface area contributed by atoms with Gasteiger partial charge in [-0.05, 0) is 42.6 Å². The van der Waals surface area contributed by atoms with Crippen LogP contribution in [0.5, 0.6) is 0 Å². The van der Waals surface area contributed by atoms with Gasteiger partial charge in [0.2, 0.25) is 5.78 Å². The largest absolute Gasteiger partial charge is 0.279 e. The second-order valence-corrected chi connectivity index (χ2v) is 10.8. The summed E-state index contributed by atoms with van der Waals surface area (Å²) in [5.74, 6) is 2.34. The first-order chi connectivity index (χ1) is 12.8. The highest BCUT2D eigenvalue weighted by molar-refractivity contribution is 7.99. The standard InChI is InChI=1S/C20H28N4OS2/c1-6-7-10-26-19-22-21-18-23(5)16(25)15-13-9-8-12(20(2,3)4)11-14(13)27-17(15)24(18)19/h12H,6-11H2,1-5H3. The predicted molar refractivity (Wildman–Crippen MR) is 114 cm³/mol. The van der Waals surface area contributed by atoms with Gasteiger partial charge in [-0.3, -0.25) is 9.36 Å². The van der Waals surface area contributed by atoms with E-state index in [-0.39, 0.29) is 5.56 Å². The quantitative estimate of drug-likeness (QED) is 0.468. The van der Waals surface area contributed by atoms with Crippen molar-refractivity contribution in [3.8, 4) is 0 Å². The van der Waals surface area contributed by atoms with Crippen LogP contribution >= 0.6 is 23.1 Å². The first-order valence-electron chi connectivity index (χ1n) is 9.84. The second kappa shape index (κ2) is 6.92. The number of hydrogen-bond donors (Lipinski definition) is 0. The van der Waals surface area contributed by atoms with Crippen LogP contribution < -0.4 is 5.56 Å². The van der Waals surface area contributed by atoms with E-state index in [1.165, 1.54) is 16.9 Å². The predicted octanol–water partition coefficient (Wildman–Crippen LogP) is 4.69. The van der Waals surface area contributed by atoms with Gasteiger partial charge in [-0.2, -0.15) is 0 Å². The minimum Gasteiger partial charge on any atom is -0.279 e. The van der Waals surface area contributed by atoms with E-state index < -0.39 is 0 Å². The molecular weight excluding hydrogens is 376 g/mol. The summed E-state index contributed by atoms with van der Waals surface area (Å²) in [4.78, 5) is 15.5. The van der Waals surface area contributed by atoms with Crippen LogP contribution in [0.4, 0.5) is 0 Å². The van der Waals surface area contributed by atoms with Crippen LogP contribution in [0, 0.1) is 11.3 Å². The summed E-state index contributed by atoms with van der Waals surface area (Å²) in [6.07, 6.45) is 5.55. The highest BCUT2D eigenvalue weighted by atomic mass is 32.2. The molecule has 0 saturated heterocycles. The third-order valence-corrected chi connectivity index (χ3v) is 8.09. The molecule has 1 aliphatic carbocycles. The molecule has 1 atom stereocenters. The molecule has 0 aromatic carbocycles. The van der Waals surface area contributed by atoms with E-state index in [0.29, 0.717) is 17.1 Å². The van der Waals surface area contributed by atoms with Crippen LogP contribution in [0.1, 0.15) is 57.4 Å². The molecule has 0 spiro atoms. The van der Waals surface area contributed by atoms with Crippen LogP contribution in [0.25, 0.3) is 16.0 Å². The van der Waals surface area contributed by atoms with E-state index in [1.807, 2.05) is 7.05 Å². The van der Waals surface area contributed by atoms with Gasteiger partial charge in [0.15, 0.2) is 5.16 Å². The molecule has 7 heteroatoms. The summed E-state index contributed by atoms with van der Waals surface area (Å²) < 4.78 is 3.79. The van der Waals surface area contributed by atoms with Crippen LogP contribution in [0.3, 0.4) is 0 Å². The van der Waals surface area contributed by atoms with E-state index in [4.69, 9.17) is 0 Å². The second-order valence-electron chi connectivity index (χ2n) is 8.67. The molecule has 0 N–H and O–H groups in total. The molecule has 1 aliphatic rings. The van der Waals surface area contributed by atoms with Gasteiger partial charge in [-0.15, -0.1) is 21.5 Å². The summed E-state index contributed by atoms with van der Waals surface area (Å²) in [6.45, 7) is 9.18. The highest BCUT2D eigenvalue weighted by Crippen LogP contribution is 2.42. The Bertz CT molecular complexity index is 1050. The molecule has 3 aromatic heterocycles. The van der Waals surface area contributed by atoms with Crippen LogP contribution in [0.15, 0.2) is 9.95 Å². The number of rotatable bonds is 4. The lowest BCUT2D eigenvalue weighted by molar-refractivity contribution is 0.218. The number of thioether (sulfide) groups is 1. The van der Waals surface area contributed by atoms with Crippen molar-refractivity contribution in [1.29, 1.82) is 0 Å². The number of aryl methyl sites for hydroxylation is 2. The Kier molecular flexibility index (Phi) is 4.87. The Morgan fingerprint density at radius 1 is 1.30 bits per heavy atom. The topological polar surface area (TPSA) is 52.2 Å². The van der Waals surface area contributed by atoms with Crippen molar-refractivity contribution in [3.63, 3.8) is 0 Å². The molecule has 0 amide bonds. The molecule has 4 rings (SSSR count). The summed E-state index contributed by atoms with van der Waals surface area (Å²) in [7, 11) is 1.82. The molecule has 1 unspecified atom stereocenters. The van der Waals surface area contributed by atoms with E-state index >= 15 is 0 Å². The normalized spacial score (nSPS) is 17.7. The van der Waals surface area contributed by atoms with Gasteiger partial charge >= 0.3 is 0 Å². The molecule has 0 radical (unpaired) electrons. The van der Waals surface area contributed by atoms with Gasteiger partial charge in [0.05, 0.1) is 5.39 Å². The van der Waals surface area contributed by atoms with Crippen molar-refractivity contribution >= 4 is 39.1 Å². The molecule has 0 saturated carbocycles. The minimum absolute atomic E-state index is 0.0710. The zero-order valence-corrected chi connectivity index (χ0v) is 18.5. The third-order valence-electron chi connectivity index (χ3n) is 5.84. The Labute approximate surface area is 168 Å². The van der Waals surface area contributed by atoms with Crippen molar-refractivity contribution in [2.45, 2.75) is 65.0 Å². The van der Waals surface area contributed by atoms with Crippen molar-refractivity contribution in [3.05, 3.63) is 20.8 Å². The average Bonchev–Trinajstić information content (AvgIpc) is 3.20. The third kappa shape index (κ3) is 3.12. The zero-order chi connectivity index (χ0) is 19.3. The van der Waals surface area contributed by atoms with E-state index in [0.717, 1.165) is 46.8 Å². The molecule has 146 valence electrons. The summed E-state index contributed by atoms with van der Waals surface area (Å²) >= 11 is 3.53. The lowest BCUT2D eigenvalue weighted by atomic mass is 9.72. The van der Waals surface area contributed by atoms with E-state index in [9.17, 15) is 4.79 Å². The molecule has 5 nitrogen and oxygen atoms in total. The number of thiophene rings is 1. The van der Waals surface area contributed by atoms with Crippen LogP contribution in [-0.4, -0.2) is 24.9 Å². The molecule has 27 heavy (non-hydrogen) atoms. The lowest BCUT2D eigenvalue weighted by Gasteiger charge is -2.33. The zero-order valence-electron chi connectivity index (χ0n) is 16.8. The Balaban J connectivity index is 1.90. The number of fused-ring (bicyclic) bond motifs is 5. The summed E-state index contributed by atoms with van der Waals surface area (Å²) in [5.41, 5.74) is 1.64. The van der Waals surface area contributed by atoms with Gasteiger partial charge < -0.3 is 0 Å². The highest BCUT2D eigenvalue weighted by Gasteiger charge is 2.32. The molecule has 3 aromatic rings. The molecular formula is C20H28N4OS2. The Morgan fingerprint density at radius 2 is 2.07 bits per heavy atom. The Morgan fingerprint density at radius 3 is 2.78 bits per heavy atom. The molecule has 3 heterocycles. The van der Waals surface area contributed by atoms with Gasteiger partial charge in [0.1, 0.15) is 4.83 Å². The van der Waals surface area contributed by atoms with Gasteiger partial charge in [0, 0.05) is 17.7 Å². The monoisotopic (exact) mass is 404 g/mol. The maximum Gasteiger partial charge on any atom is 0.263 e. The average molecular weight is 405 g/mol. The smallest absolute Gasteiger partial charge is 0.263 e. The summed E-state index contributed by atoms with van der Waals surface area (Å²) in [6, 6.07) is 0. The van der Waals surface area contributed by atoms with Crippen molar-refractivity contribution in [2.75, 3.05) is 5.75 Å². The van der Waals surface area contributed by atoms with Crippen molar-refractivity contribution in [2.24, 2.45) is 18.4 Å². The van der Waals surface area contributed by atoms with Crippen molar-refractivity contribution < 1.29 is 0 Å². The summed E-state index contributed by atoms with van der Waals surface area (Å²) in [5, 5.41) is 10.5. The van der Waals surface area contributed by atoms with Crippen molar-refractivity contribution in [1.82, 2.24) is 19.2 Å². The Hall–Kier alpha value is -1.34. The minimum atomic E-state index is 0.0710. The van der Waals surface area contributed by atoms with Gasteiger partial charge in [0.25, 0.3) is 5.56 Å². The van der Waals surface area contributed by atoms with E-state index in [2.05, 4.69) is 42.3 Å². The fraction of sp³-hybridized carbons (Fsp3) is 0.650.